The molecule has 8 nitrogen and oxygen atoms in total. The Kier molecular flexibility index (Phi) is 6.58. The van der Waals surface area contributed by atoms with E-state index in [1.54, 1.807) is 40.3 Å². The van der Waals surface area contributed by atoms with Gasteiger partial charge in [-0.3, -0.25) is 14.4 Å². The standard InChI is InChI=1S/C20H22BrN3O5/c1-28-16-5-3-14(11-17(16)29-2)20(27)23-9-7-22(8-10-23)19(26)13-24-12-15(21)4-6-18(24)25/h3-6,11-12H,7-10,13H2,1-2H3. The molecule has 0 N–H and O–H groups in total. The summed E-state index contributed by atoms with van der Waals surface area (Å²) >= 11 is 3.30. The Bertz CT molecular complexity index is 967. The lowest BCUT2D eigenvalue weighted by molar-refractivity contribution is -0.133. The molecule has 29 heavy (non-hydrogen) atoms. The Balaban J connectivity index is 1.61. The van der Waals surface area contributed by atoms with Crippen molar-refractivity contribution in [3.8, 4) is 11.5 Å². The van der Waals surface area contributed by atoms with E-state index >= 15 is 0 Å². The second kappa shape index (κ2) is 9.13. The molecule has 0 radical (unpaired) electrons. The molecule has 2 heterocycles. The number of carbonyl (C=O) groups is 2. The summed E-state index contributed by atoms with van der Waals surface area (Å²) in [6.45, 7) is 1.65. The van der Waals surface area contributed by atoms with Crippen molar-refractivity contribution >= 4 is 27.7 Å². The van der Waals surface area contributed by atoms with Crippen LogP contribution in [0.25, 0.3) is 0 Å². The topological polar surface area (TPSA) is 81.1 Å². The summed E-state index contributed by atoms with van der Waals surface area (Å²) in [6, 6.07) is 8.10. The number of halogens is 1. The number of carbonyl (C=O) groups excluding carboxylic acids is 2. The first-order valence-electron chi connectivity index (χ1n) is 9.08. The summed E-state index contributed by atoms with van der Waals surface area (Å²) in [7, 11) is 3.06. The molecule has 2 amide bonds. The van der Waals surface area contributed by atoms with Crippen LogP contribution < -0.4 is 15.0 Å². The predicted octanol–water partition coefficient (Wildman–Crippen LogP) is 1.61. The number of rotatable bonds is 5. The number of amides is 2. The van der Waals surface area contributed by atoms with Crippen molar-refractivity contribution in [2.24, 2.45) is 0 Å². The number of methoxy groups -OCH3 is 2. The molecule has 1 fully saturated rings. The highest BCUT2D eigenvalue weighted by Crippen LogP contribution is 2.28. The van der Waals surface area contributed by atoms with Crippen LogP contribution in [-0.2, 0) is 11.3 Å². The molecule has 1 aliphatic heterocycles. The monoisotopic (exact) mass is 463 g/mol. The van der Waals surface area contributed by atoms with Crippen molar-refractivity contribution in [1.29, 1.82) is 0 Å². The molecule has 1 saturated heterocycles. The minimum absolute atomic E-state index is 0.0259. The number of nitrogens with zero attached hydrogens (tertiary/aromatic N) is 3. The first-order valence-corrected chi connectivity index (χ1v) is 9.87. The highest BCUT2D eigenvalue weighted by molar-refractivity contribution is 9.10. The Morgan fingerprint density at radius 1 is 0.966 bits per heavy atom. The maximum atomic E-state index is 12.8. The second-order valence-corrected chi connectivity index (χ2v) is 7.47. The van der Waals surface area contributed by atoms with Crippen molar-refractivity contribution in [2.45, 2.75) is 6.54 Å². The molecule has 9 heteroatoms. The van der Waals surface area contributed by atoms with Gasteiger partial charge < -0.3 is 23.8 Å². The molecule has 0 spiro atoms. The van der Waals surface area contributed by atoms with Crippen LogP contribution in [0.1, 0.15) is 10.4 Å². The van der Waals surface area contributed by atoms with E-state index in [9.17, 15) is 14.4 Å². The van der Waals surface area contributed by atoms with Crippen molar-refractivity contribution in [3.63, 3.8) is 0 Å². The van der Waals surface area contributed by atoms with E-state index in [1.165, 1.54) is 24.9 Å². The summed E-state index contributed by atoms with van der Waals surface area (Å²) in [6.07, 6.45) is 1.59. The molecule has 0 aliphatic carbocycles. The van der Waals surface area contributed by atoms with Gasteiger partial charge in [0.25, 0.3) is 11.5 Å². The molecule has 1 aromatic heterocycles. The Morgan fingerprint density at radius 3 is 2.28 bits per heavy atom. The summed E-state index contributed by atoms with van der Waals surface area (Å²) in [5.41, 5.74) is 0.270. The van der Waals surface area contributed by atoms with Gasteiger partial charge in [-0.05, 0) is 40.2 Å². The molecule has 3 rings (SSSR count). The van der Waals surface area contributed by atoms with E-state index in [2.05, 4.69) is 15.9 Å². The fraction of sp³-hybridized carbons (Fsp3) is 0.350. The molecule has 0 bridgehead atoms. The van der Waals surface area contributed by atoms with Crippen LogP contribution in [0.3, 0.4) is 0 Å². The number of aromatic nitrogens is 1. The number of pyridine rings is 1. The van der Waals surface area contributed by atoms with Gasteiger partial charge in [0, 0.05) is 48.5 Å². The van der Waals surface area contributed by atoms with E-state index in [-0.39, 0.29) is 23.9 Å². The Hall–Kier alpha value is -2.81. The maximum absolute atomic E-state index is 12.8. The fourth-order valence-corrected chi connectivity index (χ4v) is 3.56. The maximum Gasteiger partial charge on any atom is 0.254 e. The first-order chi connectivity index (χ1) is 13.9. The van der Waals surface area contributed by atoms with Gasteiger partial charge >= 0.3 is 0 Å². The zero-order chi connectivity index (χ0) is 21.0. The van der Waals surface area contributed by atoms with E-state index in [1.807, 2.05) is 0 Å². The van der Waals surface area contributed by atoms with Gasteiger partial charge in [0.1, 0.15) is 6.54 Å². The van der Waals surface area contributed by atoms with Crippen LogP contribution in [0.2, 0.25) is 0 Å². The molecule has 1 aromatic carbocycles. The Morgan fingerprint density at radius 2 is 1.62 bits per heavy atom. The van der Waals surface area contributed by atoms with Crippen LogP contribution in [-0.4, -0.2) is 66.6 Å². The van der Waals surface area contributed by atoms with Crippen molar-refractivity contribution in [3.05, 3.63) is 56.9 Å². The van der Waals surface area contributed by atoms with E-state index < -0.39 is 0 Å². The quantitative estimate of drug-likeness (QED) is 0.672. The van der Waals surface area contributed by atoms with Crippen LogP contribution in [0.5, 0.6) is 11.5 Å². The number of benzene rings is 1. The summed E-state index contributed by atoms with van der Waals surface area (Å²) in [5, 5.41) is 0. The van der Waals surface area contributed by atoms with Gasteiger partial charge in [0.05, 0.1) is 14.2 Å². The molecule has 1 aliphatic rings. The normalized spacial score (nSPS) is 13.9. The summed E-state index contributed by atoms with van der Waals surface area (Å²) < 4.78 is 12.6. The molecule has 0 saturated carbocycles. The predicted molar refractivity (Wildman–Crippen MR) is 110 cm³/mol. The van der Waals surface area contributed by atoms with E-state index in [0.717, 1.165) is 4.47 Å². The lowest BCUT2D eigenvalue weighted by Crippen LogP contribution is -2.51. The first kappa shape index (κ1) is 20.9. The van der Waals surface area contributed by atoms with Gasteiger partial charge in [-0.15, -0.1) is 0 Å². The average Bonchev–Trinajstić information content (AvgIpc) is 2.75. The SMILES string of the molecule is COc1ccc(C(=O)N2CCN(C(=O)Cn3cc(Br)ccc3=O)CC2)cc1OC. The van der Waals surface area contributed by atoms with Gasteiger partial charge in [0.2, 0.25) is 5.91 Å². The highest BCUT2D eigenvalue weighted by atomic mass is 79.9. The minimum Gasteiger partial charge on any atom is -0.493 e. The zero-order valence-corrected chi connectivity index (χ0v) is 17.8. The molecular formula is C20H22BrN3O5. The van der Waals surface area contributed by atoms with Crippen molar-refractivity contribution in [1.82, 2.24) is 14.4 Å². The van der Waals surface area contributed by atoms with Gasteiger partial charge in [-0.25, -0.2) is 0 Å². The number of ether oxygens (including phenoxy) is 2. The summed E-state index contributed by atoms with van der Waals surface area (Å²) in [4.78, 5) is 40.6. The van der Waals surface area contributed by atoms with Crippen molar-refractivity contribution < 1.29 is 19.1 Å². The van der Waals surface area contributed by atoms with Gasteiger partial charge in [0.15, 0.2) is 11.5 Å². The average molecular weight is 464 g/mol. The van der Waals surface area contributed by atoms with Gasteiger partial charge in [-0.1, -0.05) is 0 Å². The third-order valence-corrected chi connectivity index (χ3v) is 5.27. The molecular weight excluding hydrogens is 442 g/mol. The van der Waals surface area contributed by atoms with Crippen LogP contribution >= 0.6 is 15.9 Å². The van der Waals surface area contributed by atoms with Crippen molar-refractivity contribution in [2.75, 3.05) is 40.4 Å². The number of hydrogen-bond acceptors (Lipinski definition) is 5. The summed E-state index contributed by atoms with van der Waals surface area (Å²) in [5.74, 6) is 0.776. The van der Waals surface area contributed by atoms with E-state index in [4.69, 9.17) is 9.47 Å². The third-order valence-electron chi connectivity index (χ3n) is 4.80. The largest absolute Gasteiger partial charge is 0.493 e. The Labute approximate surface area is 176 Å². The number of piperazine rings is 1. The van der Waals surface area contributed by atoms with E-state index in [0.29, 0.717) is 43.2 Å². The van der Waals surface area contributed by atoms with Crippen LogP contribution in [0, 0.1) is 0 Å². The highest BCUT2D eigenvalue weighted by Gasteiger charge is 2.25. The minimum atomic E-state index is -0.233. The number of hydrogen-bond donors (Lipinski definition) is 0. The zero-order valence-electron chi connectivity index (χ0n) is 16.3. The lowest BCUT2D eigenvalue weighted by Gasteiger charge is -2.35. The molecule has 154 valence electrons. The van der Waals surface area contributed by atoms with Crippen LogP contribution in [0.15, 0.2) is 45.8 Å². The van der Waals surface area contributed by atoms with Crippen LogP contribution in [0.4, 0.5) is 0 Å². The third kappa shape index (κ3) is 4.79. The molecule has 0 unspecified atom stereocenters. The molecule has 0 atom stereocenters. The molecule has 2 aromatic rings. The van der Waals surface area contributed by atoms with Gasteiger partial charge in [-0.2, -0.15) is 0 Å². The lowest BCUT2D eigenvalue weighted by atomic mass is 10.1. The second-order valence-electron chi connectivity index (χ2n) is 6.56. The smallest absolute Gasteiger partial charge is 0.254 e. The fourth-order valence-electron chi connectivity index (χ4n) is 3.18.